The van der Waals surface area contributed by atoms with E-state index in [1.165, 1.54) is 15.6 Å². The van der Waals surface area contributed by atoms with Crippen LogP contribution in [0, 0.1) is 12.8 Å². The van der Waals surface area contributed by atoms with E-state index in [0.29, 0.717) is 37.6 Å². The summed E-state index contributed by atoms with van der Waals surface area (Å²) >= 11 is 1.47. The van der Waals surface area contributed by atoms with Crippen molar-refractivity contribution in [1.82, 2.24) is 19.1 Å². The van der Waals surface area contributed by atoms with Crippen LogP contribution in [0.2, 0.25) is 0 Å². The van der Waals surface area contributed by atoms with E-state index in [1.807, 2.05) is 43.5 Å². The third-order valence-corrected chi connectivity index (χ3v) is 9.22. The van der Waals surface area contributed by atoms with Gasteiger partial charge < -0.3 is 0 Å². The van der Waals surface area contributed by atoms with Gasteiger partial charge in [0.2, 0.25) is 15.9 Å². The monoisotopic (exact) mass is 509 g/mol. The van der Waals surface area contributed by atoms with Crippen LogP contribution in [0.3, 0.4) is 0 Å². The van der Waals surface area contributed by atoms with Gasteiger partial charge in [0.15, 0.2) is 5.13 Å². The van der Waals surface area contributed by atoms with Crippen molar-refractivity contribution in [1.29, 1.82) is 0 Å². The Bertz CT molecular complexity index is 1380. The standard InChI is InChI=1S/C25H27N5O3S2/c1-19-9-11-21(12-10-19)35(32,33)29-15-4-6-20(18-29)24(31)30(17-16-28-14-5-13-26-28)25-27-22-7-2-3-8-23(22)34-25/h2-3,5,7-14,20H,4,6,15-18H2,1H3. The Morgan fingerprint density at radius 2 is 1.94 bits per heavy atom. The van der Waals surface area contributed by atoms with Gasteiger partial charge in [0.05, 0.1) is 27.6 Å². The molecular weight excluding hydrogens is 482 g/mol. The van der Waals surface area contributed by atoms with Gasteiger partial charge in [0.25, 0.3) is 0 Å². The molecule has 35 heavy (non-hydrogen) atoms. The van der Waals surface area contributed by atoms with Crippen LogP contribution in [0.4, 0.5) is 5.13 Å². The van der Waals surface area contributed by atoms with Crippen LogP contribution in [0.15, 0.2) is 71.9 Å². The number of benzene rings is 2. The van der Waals surface area contributed by atoms with Gasteiger partial charge in [-0.1, -0.05) is 41.2 Å². The number of amides is 1. The molecule has 182 valence electrons. The summed E-state index contributed by atoms with van der Waals surface area (Å²) < 4.78 is 30.8. The number of sulfonamides is 1. The number of rotatable bonds is 7. The van der Waals surface area contributed by atoms with E-state index in [2.05, 4.69) is 5.10 Å². The summed E-state index contributed by atoms with van der Waals surface area (Å²) in [5.41, 5.74) is 1.84. The van der Waals surface area contributed by atoms with Crippen LogP contribution in [0.5, 0.6) is 0 Å². The largest absolute Gasteiger partial charge is 0.286 e. The highest BCUT2D eigenvalue weighted by atomic mass is 32.2. The summed E-state index contributed by atoms with van der Waals surface area (Å²) in [7, 11) is -3.67. The topological polar surface area (TPSA) is 88.4 Å². The van der Waals surface area contributed by atoms with Crippen molar-refractivity contribution in [3.63, 3.8) is 0 Å². The third kappa shape index (κ3) is 5.00. The quantitative estimate of drug-likeness (QED) is 0.377. The molecule has 0 saturated carbocycles. The maximum atomic E-state index is 13.8. The first-order valence-electron chi connectivity index (χ1n) is 11.6. The normalized spacial score (nSPS) is 17.0. The van der Waals surface area contributed by atoms with Gasteiger partial charge >= 0.3 is 0 Å². The number of carbonyl (C=O) groups excluding carboxylic acids is 1. The highest BCUT2D eigenvalue weighted by molar-refractivity contribution is 7.89. The molecule has 1 atom stereocenters. The molecule has 1 aliphatic rings. The number of carbonyl (C=O) groups is 1. The molecule has 1 saturated heterocycles. The number of hydrogen-bond acceptors (Lipinski definition) is 6. The molecule has 0 radical (unpaired) electrons. The van der Waals surface area contributed by atoms with Gasteiger partial charge in [0.1, 0.15) is 0 Å². The number of para-hydroxylation sites is 1. The Labute approximate surface area is 208 Å². The predicted molar refractivity (Wildman–Crippen MR) is 137 cm³/mol. The Kier molecular flexibility index (Phi) is 6.68. The van der Waals surface area contributed by atoms with E-state index in [4.69, 9.17) is 4.98 Å². The van der Waals surface area contributed by atoms with Gasteiger partial charge in [-0.25, -0.2) is 13.4 Å². The maximum absolute atomic E-state index is 13.8. The highest BCUT2D eigenvalue weighted by Crippen LogP contribution is 2.32. The number of piperidine rings is 1. The summed E-state index contributed by atoms with van der Waals surface area (Å²) in [5, 5.41) is 4.88. The average molecular weight is 510 g/mol. The minimum absolute atomic E-state index is 0.0972. The van der Waals surface area contributed by atoms with Crippen molar-refractivity contribution in [3.05, 3.63) is 72.6 Å². The van der Waals surface area contributed by atoms with Gasteiger partial charge in [0, 0.05) is 32.0 Å². The lowest BCUT2D eigenvalue weighted by Crippen LogP contribution is -2.47. The molecular formula is C25H27N5O3S2. The van der Waals surface area contributed by atoms with Crippen molar-refractivity contribution >= 4 is 42.6 Å². The Hall–Kier alpha value is -3.08. The second-order valence-corrected chi connectivity index (χ2v) is 11.7. The Balaban J connectivity index is 1.40. The molecule has 0 aliphatic carbocycles. The van der Waals surface area contributed by atoms with Crippen LogP contribution < -0.4 is 4.90 Å². The van der Waals surface area contributed by atoms with E-state index in [0.717, 1.165) is 15.8 Å². The second kappa shape index (κ2) is 9.88. The van der Waals surface area contributed by atoms with Crippen molar-refractivity contribution in [2.45, 2.75) is 31.2 Å². The van der Waals surface area contributed by atoms with Crippen molar-refractivity contribution < 1.29 is 13.2 Å². The van der Waals surface area contributed by atoms with E-state index in [-0.39, 0.29) is 17.3 Å². The predicted octanol–water partition coefficient (Wildman–Crippen LogP) is 3.94. The number of aryl methyl sites for hydroxylation is 1. The molecule has 2 aromatic carbocycles. The van der Waals surface area contributed by atoms with Gasteiger partial charge in [-0.2, -0.15) is 9.40 Å². The molecule has 1 unspecified atom stereocenters. The first-order valence-corrected chi connectivity index (χ1v) is 13.9. The Morgan fingerprint density at radius 1 is 1.14 bits per heavy atom. The molecule has 1 amide bonds. The van der Waals surface area contributed by atoms with Crippen molar-refractivity contribution in [3.8, 4) is 0 Å². The van der Waals surface area contributed by atoms with Crippen molar-refractivity contribution in [2.24, 2.45) is 5.92 Å². The van der Waals surface area contributed by atoms with E-state index in [9.17, 15) is 13.2 Å². The number of thiazole rings is 1. The fourth-order valence-electron chi connectivity index (χ4n) is 4.35. The van der Waals surface area contributed by atoms with Crippen LogP contribution >= 0.6 is 11.3 Å². The molecule has 1 fully saturated rings. The first kappa shape index (κ1) is 23.7. The molecule has 2 aromatic heterocycles. The molecule has 4 aromatic rings. The lowest BCUT2D eigenvalue weighted by atomic mass is 9.98. The molecule has 10 heteroatoms. The number of hydrogen-bond donors (Lipinski definition) is 0. The van der Waals surface area contributed by atoms with Gasteiger partial charge in [-0.3, -0.25) is 14.4 Å². The SMILES string of the molecule is Cc1ccc(S(=O)(=O)N2CCCC(C(=O)N(CCn3cccn3)c3nc4ccccc4s3)C2)cc1. The molecule has 1 aliphatic heterocycles. The summed E-state index contributed by atoms with van der Waals surface area (Å²) in [6.07, 6.45) is 4.84. The van der Waals surface area contributed by atoms with Crippen LogP contribution in [0.1, 0.15) is 18.4 Å². The summed E-state index contributed by atoms with van der Waals surface area (Å²) in [6.45, 7) is 3.42. The average Bonchev–Trinajstić information content (AvgIpc) is 3.54. The highest BCUT2D eigenvalue weighted by Gasteiger charge is 2.36. The zero-order valence-electron chi connectivity index (χ0n) is 19.4. The van der Waals surface area contributed by atoms with Crippen LogP contribution in [0.25, 0.3) is 10.2 Å². The first-order chi connectivity index (χ1) is 16.9. The minimum atomic E-state index is -3.67. The number of nitrogens with zero attached hydrogens (tertiary/aromatic N) is 5. The van der Waals surface area contributed by atoms with E-state index in [1.54, 1.807) is 40.0 Å². The second-order valence-electron chi connectivity index (χ2n) is 8.74. The fourth-order valence-corrected chi connectivity index (χ4v) is 6.87. The fraction of sp³-hybridized carbons (Fsp3) is 0.320. The zero-order valence-corrected chi connectivity index (χ0v) is 21.1. The number of fused-ring (bicyclic) bond motifs is 1. The Morgan fingerprint density at radius 3 is 2.69 bits per heavy atom. The zero-order chi connectivity index (χ0) is 24.4. The summed E-state index contributed by atoms with van der Waals surface area (Å²) in [6, 6.07) is 16.5. The maximum Gasteiger partial charge on any atom is 0.243 e. The minimum Gasteiger partial charge on any atom is -0.286 e. The number of aromatic nitrogens is 3. The molecule has 0 bridgehead atoms. The van der Waals surface area contributed by atoms with Gasteiger partial charge in [-0.05, 0) is 50.1 Å². The molecule has 8 nitrogen and oxygen atoms in total. The molecule has 0 N–H and O–H groups in total. The lowest BCUT2D eigenvalue weighted by molar-refractivity contribution is -0.123. The lowest BCUT2D eigenvalue weighted by Gasteiger charge is -2.33. The molecule has 5 rings (SSSR count). The molecule has 0 spiro atoms. The molecule has 3 heterocycles. The van der Waals surface area contributed by atoms with Crippen LogP contribution in [-0.2, 0) is 21.4 Å². The summed E-state index contributed by atoms with van der Waals surface area (Å²) in [5.74, 6) is -0.534. The number of anilines is 1. The van der Waals surface area contributed by atoms with Crippen molar-refractivity contribution in [2.75, 3.05) is 24.5 Å². The van der Waals surface area contributed by atoms with Crippen LogP contribution in [-0.4, -0.2) is 53.0 Å². The third-order valence-electron chi connectivity index (χ3n) is 6.28. The van der Waals surface area contributed by atoms with E-state index >= 15 is 0 Å². The smallest absolute Gasteiger partial charge is 0.243 e. The van der Waals surface area contributed by atoms with Gasteiger partial charge in [-0.15, -0.1) is 0 Å². The van der Waals surface area contributed by atoms with E-state index < -0.39 is 15.9 Å². The summed E-state index contributed by atoms with van der Waals surface area (Å²) in [4.78, 5) is 20.5.